The molecule has 3 aromatic carbocycles. The summed E-state index contributed by atoms with van der Waals surface area (Å²) >= 11 is 0. The van der Waals surface area contributed by atoms with Crippen LogP contribution in [-0.2, 0) is 16.6 Å². The van der Waals surface area contributed by atoms with Gasteiger partial charge in [0.25, 0.3) is 15.9 Å². The molecule has 0 aliphatic heterocycles. The summed E-state index contributed by atoms with van der Waals surface area (Å²) in [6.45, 7) is 0.286. The number of sulfonamides is 1. The lowest BCUT2D eigenvalue weighted by atomic mass is 10.1. The second kappa shape index (κ2) is 9.53. The Labute approximate surface area is 182 Å². The van der Waals surface area contributed by atoms with Crippen molar-refractivity contribution < 1.29 is 22.7 Å². The zero-order chi connectivity index (χ0) is 22.4. The van der Waals surface area contributed by atoms with Gasteiger partial charge in [-0.25, -0.2) is 8.42 Å². The van der Waals surface area contributed by atoms with Crippen LogP contribution in [0.15, 0.2) is 77.7 Å². The molecule has 0 fully saturated rings. The molecule has 0 heterocycles. The van der Waals surface area contributed by atoms with Gasteiger partial charge in [0, 0.05) is 18.3 Å². The summed E-state index contributed by atoms with van der Waals surface area (Å²) in [7, 11) is 1.12. The highest BCUT2D eigenvalue weighted by molar-refractivity contribution is 7.92. The highest BCUT2D eigenvalue weighted by Gasteiger charge is 2.18. The molecule has 0 aromatic heterocycles. The fourth-order valence-corrected chi connectivity index (χ4v) is 4.19. The predicted molar refractivity (Wildman–Crippen MR) is 119 cm³/mol. The van der Waals surface area contributed by atoms with E-state index in [1.807, 2.05) is 18.2 Å². The zero-order valence-electron chi connectivity index (χ0n) is 17.5. The van der Waals surface area contributed by atoms with Crippen molar-refractivity contribution in [1.29, 1.82) is 0 Å². The monoisotopic (exact) mass is 440 g/mol. The van der Waals surface area contributed by atoms with Gasteiger partial charge in [-0.3, -0.25) is 9.52 Å². The Hall–Kier alpha value is -3.52. The molecule has 0 aliphatic carbocycles. The molecule has 1 amide bonds. The maximum Gasteiger partial charge on any atom is 0.261 e. The maximum absolute atomic E-state index is 12.9. The Morgan fingerprint density at radius 3 is 2.00 bits per heavy atom. The summed E-state index contributed by atoms with van der Waals surface area (Å²) in [6, 6.07) is 19.8. The zero-order valence-corrected chi connectivity index (χ0v) is 18.3. The van der Waals surface area contributed by atoms with E-state index in [1.54, 1.807) is 68.6 Å². The summed E-state index contributed by atoms with van der Waals surface area (Å²) in [5.41, 5.74) is 1.56. The first-order valence-electron chi connectivity index (χ1n) is 9.49. The van der Waals surface area contributed by atoms with Crippen molar-refractivity contribution in [2.45, 2.75) is 11.4 Å². The predicted octanol–water partition coefficient (Wildman–Crippen LogP) is 3.78. The molecule has 162 valence electrons. The number of rotatable bonds is 8. The van der Waals surface area contributed by atoms with Crippen LogP contribution in [0.3, 0.4) is 0 Å². The molecule has 0 radical (unpaired) electrons. The third-order valence-corrected chi connectivity index (χ3v) is 6.11. The quantitative estimate of drug-likeness (QED) is 0.576. The molecule has 3 aromatic rings. The Morgan fingerprint density at radius 1 is 0.871 bits per heavy atom. The van der Waals surface area contributed by atoms with Crippen molar-refractivity contribution in [2.75, 3.05) is 26.0 Å². The highest BCUT2D eigenvalue weighted by Crippen LogP contribution is 2.29. The first-order chi connectivity index (χ1) is 14.9. The Morgan fingerprint density at radius 2 is 1.45 bits per heavy atom. The number of nitrogens with one attached hydrogen (secondary N) is 1. The molecule has 0 bridgehead atoms. The number of carbonyl (C=O) groups excluding carboxylic acids is 1. The molecule has 0 saturated carbocycles. The average molecular weight is 441 g/mol. The van der Waals surface area contributed by atoms with Crippen LogP contribution in [0.1, 0.15) is 15.9 Å². The lowest BCUT2D eigenvalue weighted by Gasteiger charge is -2.21. The number of ether oxygens (including phenoxy) is 2. The number of anilines is 1. The highest BCUT2D eigenvalue weighted by atomic mass is 32.2. The van der Waals surface area contributed by atoms with Crippen molar-refractivity contribution in [3.05, 3.63) is 83.9 Å². The molecule has 7 nitrogen and oxygen atoms in total. The average Bonchev–Trinajstić information content (AvgIpc) is 2.79. The van der Waals surface area contributed by atoms with Crippen molar-refractivity contribution >= 4 is 21.6 Å². The van der Waals surface area contributed by atoms with E-state index in [1.165, 1.54) is 12.1 Å². The van der Waals surface area contributed by atoms with Gasteiger partial charge in [-0.1, -0.05) is 24.3 Å². The van der Waals surface area contributed by atoms with Gasteiger partial charge in [0.1, 0.15) is 11.5 Å². The molecular formula is C23H24N2O5S. The molecule has 0 spiro atoms. The van der Waals surface area contributed by atoms with Crippen LogP contribution in [0.25, 0.3) is 0 Å². The lowest BCUT2D eigenvalue weighted by molar-refractivity contribution is 0.0783. The van der Waals surface area contributed by atoms with E-state index in [0.717, 1.165) is 5.56 Å². The van der Waals surface area contributed by atoms with Crippen LogP contribution in [0, 0.1) is 0 Å². The van der Waals surface area contributed by atoms with Crippen molar-refractivity contribution in [2.24, 2.45) is 0 Å². The molecule has 31 heavy (non-hydrogen) atoms. The second-order valence-corrected chi connectivity index (χ2v) is 8.48. The van der Waals surface area contributed by atoms with E-state index in [2.05, 4.69) is 4.72 Å². The fourth-order valence-electron chi connectivity index (χ4n) is 3.11. The van der Waals surface area contributed by atoms with Crippen LogP contribution in [0.4, 0.5) is 5.69 Å². The minimum atomic E-state index is -3.69. The maximum atomic E-state index is 12.9. The first kappa shape index (κ1) is 22.2. The molecule has 0 atom stereocenters. The van der Waals surface area contributed by atoms with Crippen LogP contribution in [0.2, 0.25) is 0 Å². The van der Waals surface area contributed by atoms with E-state index in [4.69, 9.17) is 9.47 Å². The third-order valence-electron chi connectivity index (χ3n) is 4.71. The van der Waals surface area contributed by atoms with Gasteiger partial charge in [-0.2, -0.15) is 0 Å². The van der Waals surface area contributed by atoms with E-state index in [0.29, 0.717) is 22.7 Å². The summed E-state index contributed by atoms with van der Waals surface area (Å²) in [5, 5.41) is 0. The van der Waals surface area contributed by atoms with E-state index in [9.17, 15) is 13.2 Å². The summed E-state index contributed by atoms with van der Waals surface area (Å²) < 4.78 is 38.2. The number of benzene rings is 3. The molecule has 0 aliphatic rings. The number of nitrogens with zero attached hydrogens (tertiary/aromatic N) is 1. The van der Waals surface area contributed by atoms with Crippen LogP contribution in [0.5, 0.6) is 11.5 Å². The number of carbonyl (C=O) groups is 1. The molecule has 0 saturated heterocycles. The molecule has 3 rings (SSSR count). The number of hydrogen-bond donors (Lipinski definition) is 1. The van der Waals surface area contributed by atoms with Gasteiger partial charge in [0.15, 0.2) is 0 Å². The topological polar surface area (TPSA) is 84.9 Å². The standard InChI is InChI=1S/C23H24N2O5S/c1-25(16-20-21(29-2)10-7-11-22(20)30-3)23(26)17-12-14-18(15-13-17)24-31(27,28)19-8-5-4-6-9-19/h4-15,24H,16H2,1-3H3. The third kappa shape index (κ3) is 5.16. The molecule has 0 unspecified atom stereocenters. The van der Waals surface area contributed by atoms with Gasteiger partial charge in [0.05, 0.1) is 31.2 Å². The first-order valence-corrected chi connectivity index (χ1v) is 11.0. The van der Waals surface area contributed by atoms with Crippen molar-refractivity contribution in [1.82, 2.24) is 4.90 Å². The second-order valence-electron chi connectivity index (χ2n) is 6.80. The van der Waals surface area contributed by atoms with Gasteiger partial charge in [-0.05, 0) is 48.5 Å². The Bertz CT molecular complexity index is 1120. The SMILES string of the molecule is COc1cccc(OC)c1CN(C)C(=O)c1ccc(NS(=O)(=O)c2ccccc2)cc1. The molecule has 8 heteroatoms. The van der Waals surface area contributed by atoms with Gasteiger partial charge < -0.3 is 14.4 Å². The molecular weight excluding hydrogens is 416 g/mol. The minimum Gasteiger partial charge on any atom is -0.496 e. The van der Waals surface area contributed by atoms with Gasteiger partial charge in [-0.15, -0.1) is 0 Å². The van der Waals surface area contributed by atoms with Crippen LogP contribution < -0.4 is 14.2 Å². The largest absolute Gasteiger partial charge is 0.496 e. The van der Waals surface area contributed by atoms with Crippen LogP contribution >= 0.6 is 0 Å². The summed E-state index contributed by atoms with van der Waals surface area (Å²) in [5.74, 6) is 1.04. The number of hydrogen-bond acceptors (Lipinski definition) is 5. The van der Waals surface area contributed by atoms with E-state index >= 15 is 0 Å². The lowest BCUT2D eigenvalue weighted by Crippen LogP contribution is -2.26. The Balaban J connectivity index is 1.73. The van der Waals surface area contributed by atoms with Crippen LogP contribution in [-0.4, -0.2) is 40.5 Å². The molecule has 1 N–H and O–H groups in total. The van der Waals surface area contributed by atoms with E-state index < -0.39 is 10.0 Å². The van der Waals surface area contributed by atoms with Crippen molar-refractivity contribution in [3.63, 3.8) is 0 Å². The smallest absolute Gasteiger partial charge is 0.261 e. The van der Waals surface area contributed by atoms with Gasteiger partial charge in [0.2, 0.25) is 0 Å². The van der Waals surface area contributed by atoms with E-state index in [-0.39, 0.29) is 17.3 Å². The normalized spacial score (nSPS) is 10.9. The summed E-state index contributed by atoms with van der Waals surface area (Å²) in [6.07, 6.45) is 0. The van der Waals surface area contributed by atoms with Crippen molar-refractivity contribution in [3.8, 4) is 11.5 Å². The van der Waals surface area contributed by atoms with Gasteiger partial charge >= 0.3 is 0 Å². The summed E-state index contributed by atoms with van der Waals surface area (Å²) in [4.78, 5) is 14.6. The minimum absolute atomic E-state index is 0.167. The number of methoxy groups -OCH3 is 2. The number of amides is 1. The Kier molecular flexibility index (Phi) is 6.81. The fraction of sp³-hybridized carbons (Fsp3) is 0.174.